The highest BCUT2D eigenvalue weighted by Crippen LogP contribution is 2.39. The molecule has 1 saturated carbocycles. The highest BCUT2D eigenvalue weighted by atomic mass is 16.3. The second kappa shape index (κ2) is 7.95. The summed E-state index contributed by atoms with van der Waals surface area (Å²) in [6.07, 6.45) is 8.27. The fourth-order valence-corrected chi connectivity index (χ4v) is 3.92. The van der Waals surface area contributed by atoms with E-state index in [2.05, 4.69) is 16.7 Å². The Balaban J connectivity index is 1.78. The van der Waals surface area contributed by atoms with Crippen molar-refractivity contribution in [2.45, 2.75) is 44.1 Å². The largest absolute Gasteiger partial charge is 0.375 e. The zero-order valence-electron chi connectivity index (χ0n) is 14.3. The van der Waals surface area contributed by atoms with Crippen LogP contribution in [0.25, 0.3) is 0 Å². The topological polar surface area (TPSA) is 61.4 Å². The third-order valence-electron chi connectivity index (χ3n) is 5.39. The van der Waals surface area contributed by atoms with E-state index < -0.39 is 5.60 Å². The number of amides is 1. The standard InChI is InChI=1S/C20H28N2O2/c23-19(22-15-16-11-13-21-14-12-16)20(24,17-7-3-1-4-8-17)18-9-5-2-6-10-18/h1,3-4,7-8,11,18,21,24H,2,5-6,9-10,12-15H2,(H,22,23). The van der Waals surface area contributed by atoms with Crippen molar-refractivity contribution >= 4 is 5.91 Å². The molecule has 1 amide bonds. The van der Waals surface area contributed by atoms with E-state index >= 15 is 0 Å². The maximum atomic E-state index is 13.0. The Morgan fingerprint density at radius 3 is 2.62 bits per heavy atom. The first-order chi connectivity index (χ1) is 11.7. The summed E-state index contributed by atoms with van der Waals surface area (Å²) in [5.74, 6) is -0.254. The lowest BCUT2D eigenvalue weighted by Crippen LogP contribution is -2.50. The molecule has 1 aliphatic heterocycles. The van der Waals surface area contributed by atoms with Gasteiger partial charge in [0.15, 0.2) is 5.60 Å². The fraction of sp³-hybridized carbons (Fsp3) is 0.550. The van der Waals surface area contributed by atoms with Crippen LogP contribution in [0, 0.1) is 5.92 Å². The zero-order valence-corrected chi connectivity index (χ0v) is 14.3. The van der Waals surface area contributed by atoms with E-state index in [4.69, 9.17) is 0 Å². The first kappa shape index (κ1) is 17.2. The van der Waals surface area contributed by atoms with Gasteiger partial charge in [-0.3, -0.25) is 4.79 Å². The molecular weight excluding hydrogens is 300 g/mol. The number of carbonyl (C=O) groups is 1. The molecule has 0 radical (unpaired) electrons. The lowest BCUT2D eigenvalue weighted by Gasteiger charge is -2.37. The van der Waals surface area contributed by atoms with Gasteiger partial charge in [0.25, 0.3) is 5.91 Å². The minimum Gasteiger partial charge on any atom is -0.375 e. The third-order valence-corrected chi connectivity index (χ3v) is 5.39. The number of aliphatic hydroxyl groups is 1. The molecule has 0 bridgehead atoms. The number of carbonyl (C=O) groups excluding carboxylic acids is 1. The van der Waals surface area contributed by atoms with Crippen LogP contribution in [0.2, 0.25) is 0 Å². The van der Waals surface area contributed by atoms with Crippen LogP contribution in [-0.2, 0) is 10.4 Å². The van der Waals surface area contributed by atoms with E-state index in [9.17, 15) is 9.90 Å². The van der Waals surface area contributed by atoms with Crippen LogP contribution in [0.4, 0.5) is 0 Å². The second-order valence-corrected chi connectivity index (χ2v) is 6.97. The van der Waals surface area contributed by atoms with Crippen LogP contribution in [-0.4, -0.2) is 30.6 Å². The van der Waals surface area contributed by atoms with Gasteiger partial charge in [-0.15, -0.1) is 0 Å². The van der Waals surface area contributed by atoms with Crippen molar-refractivity contribution < 1.29 is 9.90 Å². The van der Waals surface area contributed by atoms with E-state index in [1.165, 1.54) is 12.0 Å². The molecule has 4 nitrogen and oxygen atoms in total. The van der Waals surface area contributed by atoms with Gasteiger partial charge >= 0.3 is 0 Å². The average Bonchev–Trinajstić information content (AvgIpc) is 2.67. The molecule has 4 heteroatoms. The smallest absolute Gasteiger partial charge is 0.257 e. The second-order valence-electron chi connectivity index (χ2n) is 6.97. The zero-order chi connectivity index (χ0) is 16.8. The minimum absolute atomic E-state index is 0.00403. The number of rotatable bonds is 5. The molecule has 2 aliphatic rings. The molecule has 130 valence electrons. The summed E-state index contributed by atoms with van der Waals surface area (Å²) in [5, 5.41) is 17.7. The Morgan fingerprint density at radius 2 is 1.96 bits per heavy atom. The van der Waals surface area contributed by atoms with Crippen LogP contribution in [0.15, 0.2) is 42.0 Å². The molecule has 0 saturated heterocycles. The summed E-state index contributed by atoms with van der Waals surface area (Å²) in [7, 11) is 0. The average molecular weight is 328 g/mol. The van der Waals surface area contributed by atoms with Crippen LogP contribution in [0.1, 0.15) is 44.1 Å². The first-order valence-electron chi connectivity index (χ1n) is 9.16. The van der Waals surface area contributed by atoms with Gasteiger partial charge < -0.3 is 15.7 Å². The third kappa shape index (κ3) is 3.70. The van der Waals surface area contributed by atoms with Crippen molar-refractivity contribution in [2.24, 2.45) is 5.92 Å². The predicted octanol–water partition coefficient (Wildman–Crippen LogP) is 2.49. The van der Waals surface area contributed by atoms with Gasteiger partial charge in [-0.05, 0) is 31.4 Å². The highest BCUT2D eigenvalue weighted by molar-refractivity contribution is 5.87. The van der Waals surface area contributed by atoms with Gasteiger partial charge in [0.05, 0.1) is 0 Å². The van der Waals surface area contributed by atoms with Crippen molar-refractivity contribution in [3.8, 4) is 0 Å². The molecule has 1 aliphatic carbocycles. The van der Waals surface area contributed by atoms with Crippen molar-refractivity contribution in [3.63, 3.8) is 0 Å². The van der Waals surface area contributed by atoms with E-state index in [1.807, 2.05) is 30.3 Å². The molecule has 24 heavy (non-hydrogen) atoms. The van der Waals surface area contributed by atoms with E-state index in [0.717, 1.165) is 45.2 Å². The molecule has 1 heterocycles. The summed E-state index contributed by atoms with van der Waals surface area (Å²) < 4.78 is 0. The monoisotopic (exact) mass is 328 g/mol. The van der Waals surface area contributed by atoms with Crippen LogP contribution >= 0.6 is 0 Å². The summed E-state index contributed by atoms with van der Waals surface area (Å²) in [6, 6.07) is 9.45. The van der Waals surface area contributed by atoms with Crippen molar-refractivity contribution in [1.29, 1.82) is 0 Å². The van der Waals surface area contributed by atoms with E-state index in [1.54, 1.807) is 0 Å². The van der Waals surface area contributed by atoms with Gasteiger partial charge in [0.1, 0.15) is 0 Å². The van der Waals surface area contributed by atoms with Gasteiger partial charge in [-0.2, -0.15) is 0 Å². The highest BCUT2D eigenvalue weighted by Gasteiger charge is 2.45. The summed E-state index contributed by atoms with van der Waals surface area (Å²) in [4.78, 5) is 13.0. The molecule has 1 unspecified atom stereocenters. The normalized spacial score (nSPS) is 21.6. The first-order valence-corrected chi connectivity index (χ1v) is 9.16. The Morgan fingerprint density at radius 1 is 1.21 bits per heavy atom. The quantitative estimate of drug-likeness (QED) is 0.728. The maximum Gasteiger partial charge on any atom is 0.257 e. The molecule has 3 N–H and O–H groups in total. The van der Waals surface area contributed by atoms with Crippen molar-refractivity contribution in [2.75, 3.05) is 19.6 Å². The van der Waals surface area contributed by atoms with Crippen molar-refractivity contribution in [1.82, 2.24) is 10.6 Å². The molecule has 3 rings (SSSR count). The lowest BCUT2D eigenvalue weighted by atomic mass is 9.73. The van der Waals surface area contributed by atoms with Crippen LogP contribution < -0.4 is 10.6 Å². The summed E-state index contributed by atoms with van der Waals surface area (Å²) in [6.45, 7) is 2.34. The van der Waals surface area contributed by atoms with Gasteiger partial charge in [-0.1, -0.05) is 61.2 Å². The molecule has 0 spiro atoms. The molecule has 1 aromatic carbocycles. The molecule has 1 atom stereocenters. The Hall–Kier alpha value is -1.65. The Bertz CT molecular complexity index is 579. The molecule has 0 aromatic heterocycles. The number of nitrogens with one attached hydrogen (secondary N) is 2. The Kier molecular flexibility index (Phi) is 5.69. The van der Waals surface area contributed by atoms with E-state index in [-0.39, 0.29) is 11.8 Å². The van der Waals surface area contributed by atoms with Crippen molar-refractivity contribution in [3.05, 3.63) is 47.5 Å². The Labute approximate surface area is 144 Å². The van der Waals surface area contributed by atoms with E-state index in [0.29, 0.717) is 12.1 Å². The number of hydrogen-bond donors (Lipinski definition) is 3. The molecule has 1 fully saturated rings. The van der Waals surface area contributed by atoms with Gasteiger partial charge in [0, 0.05) is 19.0 Å². The predicted molar refractivity (Wildman–Crippen MR) is 95.5 cm³/mol. The van der Waals surface area contributed by atoms with Crippen LogP contribution in [0.5, 0.6) is 0 Å². The van der Waals surface area contributed by atoms with Gasteiger partial charge in [-0.25, -0.2) is 0 Å². The summed E-state index contributed by atoms with van der Waals surface area (Å²) >= 11 is 0. The van der Waals surface area contributed by atoms with Gasteiger partial charge in [0.2, 0.25) is 0 Å². The lowest BCUT2D eigenvalue weighted by molar-refractivity contribution is -0.149. The fourth-order valence-electron chi connectivity index (χ4n) is 3.92. The van der Waals surface area contributed by atoms with Crippen LogP contribution in [0.3, 0.4) is 0 Å². The molecular formula is C20H28N2O2. The maximum absolute atomic E-state index is 13.0. The number of benzene rings is 1. The minimum atomic E-state index is -1.42. The summed E-state index contributed by atoms with van der Waals surface area (Å²) in [5.41, 5.74) is 0.532. The number of hydrogen-bond acceptors (Lipinski definition) is 3. The molecule has 1 aromatic rings. The SMILES string of the molecule is O=C(NCC1=CCNCC1)C(O)(c1ccccc1)C1CCCCC1.